The molecule has 0 radical (unpaired) electrons. The number of rotatable bonds is 3. The Kier molecular flexibility index (Phi) is 4.42. The summed E-state index contributed by atoms with van der Waals surface area (Å²) in [5.74, 6) is 0.811. The van der Waals surface area contributed by atoms with Crippen LogP contribution < -0.4 is 5.32 Å². The van der Waals surface area contributed by atoms with Gasteiger partial charge in [0.1, 0.15) is 0 Å². The van der Waals surface area contributed by atoms with Crippen molar-refractivity contribution in [3.8, 4) is 0 Å². The molecule has 0 aromatic carbocycles. The van der Waals surface area contributed by atoms with Gasteiger partial charge in [0.25, 0.3) is 0 Å². The summed E-state index contributed by atoms with van der Waals surface area (Å²) < 4.78 is -0.429. The third kappa shape index (κ3) is 3.99. The molecule has 0 unspecified atom stereocenters. The Morgan fingerprint density at radius 2 is 1.93 bits per heavy atom. The molecule has 1 N–H and O–H groups in total. The van der Waals surface area contributed by atoms with E-state index in [9.17, 15) is 4.79 Å². The first-order valence-corrected chi connectivity index (χ1v) is 6.26. The molecule has 14 heavy (non-hydrogen) atoms. The van der Waals surface area contributed by atoms with Crippen molar-refractivity contribution < 1.29 is 4.79 Å². The van der Waals surface area contributed by atoms with Crippen molar-refractivity contribution >= 4 is 21.8 Å². The van der Waals surface area contributed by atoms with E-state index in [1.165, 1.54) is 32.1 Å². The van der Waals surface area contributed by atoms with E-state index < -0.39 is 4.32 Å². The second-order valence-electron chi connectivity index (χ2n) is 4.69. The molecule has 1 fully saturated rings. The summed E-state index contributed by atoms with van der Waals surface area (Å²) in [6.45, 7) is 4.61. The van der Waals surface area contributed by atoms with Crippen LogP contribution in [-0.4, -0.2) is 16.8 Å². The van der Waals surface area contributed by atoms with E-state index in [0.717, 1.165) is 6.54 Å². The van der Waals surface area contributed by atoms with Crippen LogP contribution in [0.2, 0.25) is 0 Å². The van der Waals surface area contributed by atoms with Gasteiger partial charge in [0, 0.05) is 6.54 Å². The molecule has 0 spiro atoms. The monoisotopic (exact) mass is 261 g/mol. The molecule has 3 heteroatoms. The van der Waals surface area contributed by atoms with Crippen molar-refractivity contribution in [3.63, 3.8) is 0 Å². The lowest BCUT2D eigenvalue weighted by Gasteiger charge is -2.23. The van der Waals surface area contributed by atoms with Crippen molar-refractivity contribution in [2.24, 2.45) is 5.92 Å². The number of carbonyl (C=O) groups is 1. The zero-order valence-corrected chi connectivity index (χ0v) is 10.7. The molecule has 0 saturated heterocycles. The first kappa shape index (κ1) is 12.0. The van der Waals surface area contributed by atoms with E-state index in [0.29, 0.717) is 5.92 Å². The molecule has 0 atom stereocenters. The van der Waals surface area contributed by atoms with Gasteiger partial charge in [-0.2, -0.15) is 0 Å². The van der Waals surface area contributed by atoms with Crippen molar-refractivity contribution in [1.29, 1.82) is 0 Å². The molecule has 0 heterocycles. The summed E-state index contributed by atoms with van der Waals surface area (Å²) in [5.41, 5.74) is 0. The number of nitrogens with one attached hydrogen (secondary N) is 1. The van der Waals surface area contributed by atoms with E-state index in [2.05, 4.69) is 21.2 Å². The number of alkyl halides is 1. The molecule has 1 rings (SSSR count). The van der Waals surface area contributed by atoms with Crippen LogP contribution in [0.15, 0.2) is 0 Å². The standard InChI is InChI=1S/C11H20BrNO/c1-11(2,12)10(14)13-8-9-6-4-3-5-7-9/h9H,3-8H2,1-2H3,(H,13,14). The lowest BCUT2D eigenvalue weighted by molar-refractivity contribution is -0.122. The molecule has 1 aliphatic rings. The number of amides is 1. The van der Waals surface area contributed by atoms with E-state index in [4.69, 9.17) is 0 Å². The maximum Gasteiger partial charge on any atom is 0.236 e. The Hall–Kier alpha value is -0.0500. The molecule has 1 saturated carbocycles. The summed E-state index contributed by atoms with van der Waals surface area (Å²) in [7, 11) is 0. The Balaban J connectivity index is 2.22. The maximum atomic E-state index is 11.5. The van der Waals surface area contributed by atoms with E-state index in [-0.39, 0.29) is 5.91 Å². The van der Waals surface area contributed by atoms with E-state index in [1.807, 2.05) is 13.8 Å². The lowest BCUT2D eigenvalue weighted by Crippen LogP contribution is -2.40. The van der Waals surface area contributed by atoms with Crippen molar-refractivity contribution in [2.75, 3.05) is 6.54 Å². The van der Waals surface area contributed by atoms with Crippen LogP contribution in [0.25, 0.3) is 0 Å². The smallest absolute Gasteiger partial charge is 0.236 e. The minimum atomic E-state index is -0.429. The highest BCUT2D eigenvalue weighted by Crippen LogP contribution is 2.23. The van der Waals surface area contributed by atoms with Crippen LogP contribution in [0.1, 0.15) is 46.0 Å². The second kappa shape index (κ2) is 5.15. The molecule has 0 bridgehead atoms. The number of carbonyl (C=O) groups excluding carboxylic acids is 1. The van der Waals surface area contributed by atoms with Crippen LogP contribution in [0, 0.1) is 5.92 Å². The van der Waals surface area contributed by atoms with Gasteiger partial charge in [-0.25, -0.2) is 0 Å². The predicted octanol–water partition coefficient (Wildman–Crippen LogP) is 2.86. The van der Waals surface area contributed by atoms with Gasteiger partial charge in [-0.05, 0) is 32.6 Å². The first-order chi connectivity index (χ1) is 6.50. The molecule has 0 aromatic heterocycles. The van der Waals surface area contributed by atoms with Gasteiger partial charge in [-0.3, -0.25) is 4.79 Å². The van der Waals surface area contributed by atoms with Crippen molar-refractivity contribution in [1.82, 2.24) is 5.32 Å². The minimum Gasteiger partial charge on any atom is -0.355 e. The summed E-state index contributed by atoms with van der Waals surface area (Å²) >= 11 is 3.36. The lowest BCUT2D eigenvalue weighted by atomic mass is 9.89. The van der Waals surface area contributed by atoms with Gasteiger partial charge in [-0.1, -0.05) is 35.2 Å². The van der Waals surface area contributed by atoms with Gasteiger partial charge in [-0.15, -0.1) is 0 Å². The summed E-state index contributed by atoms with van der Waals surface area (Å²) in [4.78, 5) is 11.5. The number of hydrogen-bond donors (Lipinski definition) is 1. The van der Waals surface area contributed by atoms with Crippen LogP contribution >= 0.6 is 15.9 Å². The fraction of sp³-hybridized carbons (Fsp3) is 0.909. The molecular weight excluding hydrogens is 242 g/mol. The maximum absolute atomic E-state index is 11.5. The van der Waals surface area contributed by atoms with Crippen molar-refractivity contribution in [3.05, 3.63) is 0 Å². The minimum absolute atomic E-state index is 0.100. The fourth-order valence-electron chi connectivity index (χ4n) is 1.84. The first-order valence-electron chi connectivity index (χ1n) is 5.47. The summed E-state index contributed by atoms with van der Waals surface area (Å²) in [6.07, 6.45) is 6.59. The average Bonchev–Trinajstić information content (AvgIpc) is 2.14. The predicted molar refractivity (Wildman–Crippen MR) is 62.6 cm³/mol. The summed E-state index contributed by atoms with van der Waals surface area (Å²) in [6, 6.07) is 0. The Morgan fingerprint density at radius 1 is 1.36 bits per heavy atom. The highest BCUT2D eigenvalue weighted by Gasteiger charge is 2.24. The van der Waals surface area contributed by atoms with Crippen LogP contribution in [0.5, 0.6) is 0 Å². The van der Waals surface area contributed by atoms with Gasteiger partial charge in [0.15, 0.2) is 0 Å². The molecule has 0 aromatic rings. The van der Waals surface area contributed by atoms with Gasteiger partial charge >= 0.3 is 0 Å². The van der Waals surface area contributed by atoms with E-state index >= 15 is 0 Å². The van der Waals surface area contributed by atoms with E-state index in [1.54, 1.807) is 0 Å². The van der Waals surface area contributed by atoms with Crippen molar-refractivity contribution in [2.45, 2.75) is 50.3 Å². The van der Waals surface area contributed by atoms with Gasteiger partial charge < -0.3 is 5.32 Å². The molecular formula is C11H20BrNO. The third-order valence-corrected chi connectivity index (χ3v) is 3.18. The molecule has 1 amide bonds. The molecule has 2 nitrogen and oxygen atoms in total. The highest BCUT2D eigenvalue weighted by molar-refractivity contribution is 9.10. The SMILES string of the molecule is CC(C)(Br)C(=O)NCC1CCCCC1. The Bertz CT molecular complexity index is 192. The number of hydrogen-bond acceptors (Lipinski definition) is 1. The molecule has 82 valence electrons. The third-order valence-electron chi connectivity index (χ3n) is 2.82. The Labute approximate surface area is 95.0 Å². The van der Waals surface area contributed by atoms with Crippen LogP contribution in [0.3, 0.4) is 0 Å². The van der Waals surface area contributed by atoms with Gasteiger partial charge in [0.2, 0.25) is 5.91 Å². The highest BCUT2D eigenvalue weighted by atomic mass is 79.9. The quantitative estimate of drug-likeness (QED) is 0.778. The van der Waals surface area contributed by atoms with Crippen LogP contribution in [0.4, 0.5) is 0 Å². The molecule has 0 aliphatic heterocycles. The normalized spacial score (nSPS) is 19.4. The Morgan fingerprint density at radius 3 is 2.43 bits per heavy atom. The largest absolute Gasteiger partial charge is 0.355 e. The van der Waals surface area contributed by atoms with Crippen LogP contribution in [-0.2, 0) is 4.79 Å². The number of halogens is 1. The summed E-state index contributed by atoms with van der Waals surface area (Å²) in [5, 5.41) is 3.01. The molecule has 1 aliphatic carbocycles. The fourth-order valence-corrected chi connectivity index (χ4v) is 1.98. The second-order valence-corrected chi connectivity index (χ2v) is 6.67. The topological polar surface area (TPSA) is 29.1 Å². The average molecular weight is 262 g/mol. The zero-order chi connectivity index (χ0) is 10.6. The van der Waals surface area contributed by atoms with Gasteiger partial charge in [0.05, 0.1) is 4.32 Å². The zero-order valence-electron chi connectivity index (χ0n) is 9.11.